The van der Waals surface area contributed by atoms with Gasteiger partial charge in [-0.05, 0) is 61.7 Å². The number of carbonyl (C=O) groups excluding carboxylic acids is 2. The highest BCUT2D eigenvalue weighted by molar-refractivity contribution is 6.00. The van der Waals surface area contributed by atoms with Crippen molar-refractivity contribution in [2.24, 2.45) is 0 Å². The fourth-order valence-corrected chi connectivity index (χ4v) is 4.00. The smallest absolute Gasteiger partial charge is 0.290 e. The highest BCUT2D eigenvalue weighted by Gasteiger charge is 2.35. The molecule has 0 aliphatic carbocycles. The summed E-state index contributed by atoms with van der Waals surface area (Å²) in [6, 6.07) is 14.5. The molecule has 156 valence electrons. The third-order valence-electron chi connectivity index (χ3n) is 5.61. The molecule has 5 rings (SSSR count). The highest BCUT2D eigenvalue weighted by atomic mass is 16.3. The van der Waals surface area contributed by atoms with Gasteiger partial charge in [-0.2, -0.15) is 0 Å². The molecule has 0 saturated carbocycles. The number of pyridine rings is 1. The molecule has 1 aromatic carbocycles. The second-order valence-corrected chi connectivity index (χ2v) is 7.80. The van der Waals surface area contributed by atoms with Crippen LogP contribution in [0.25, 0.3) is 16.9 Å². The fraction of sp³-hybridized carbons (Fsp3) is 0.208. The number of hydrogen-bond donors (Lipinski definition) is 1. The van der Waals surface area contributed by atoms with Gasteiger partial charge >= 0.3 is 0 Å². The zero-order chi connectivity index (χ0) is 21.4. The molecule has 7 nitrogen and oxygen atoms in total. The Morgan fingerprint density at radius 3 is 2.77 bits per heavy atom. The number of benzene rings is 1. The van der Waals surface area contributed by atoms with Crippen molar-refractivity contribution in [3.05, 3.63) is 78.5 Å². The summed E-state index contributed by atoms with van der Waals surface area (Å²) in [4.78, 5) is 31.7. The summed E-state index contributed by atoms with van der Waals surface area (Å²) in [5.74, 6) is -0.180. The molecule has 0 spiro atoms. The first kappa shape index (κ1) is 19.1. The van der Waals surface area contributed by atoms with Crippen LogP contribution in [0, 0.1) is 6.92 Å². The van der Waals surface area contributed by atoms with E-state index in [1.807, 2.05) is 60.1 Å². The van der Waals surface area contributed by atoms with Crippen LogP contribution in [0.5, 0.6) is 0 Å². The van der Waals surface area contributed by atoms with E-state index in [0.717, 1.165) is 28.9 Å². The number of aromatic nitrogens is 2. The summed E-state index contributed by atoms with van der Waals surface area (Å²) >= 11 is 0. The molecule has 3 aromatic heterocycles. The van der Waals surface area contributed by atoms with Gasteiger partial charge in [-0.3, -0.25) is 9.59 Å². The number of aryl methyl sites for hydroxylation is 1. The average Bonchev–Trinajstić information content (AvgIpc) is 3.53. The Hall–Kier alpha value is -3.87. The minimum atomic E-state index is -0.501. The van der Waals surface area contributed by atoms with Gasteiger partial charge in [0.1, 0.15) is 11.7 Å². The Morgan fingerprint density at radius 2 is 2.00 bits per heavy atom. The first-order chi connectivity index (χ1) is 15.1. The zero-order valence-electron chi connectivity index (χ0n) is 17.1. The normalized spacial score (nSPS) is 16.0. The van der Waals surface area contributed by atoms with Crippen LogP contribution < -0.4 is 5.32 Å². The van der Waals surface area contributed by atoms with Gasteiger partial charge in [-0.25, -0.2) is 4.98 Å². The van der Waals surface area contributed by atoms with Crippen LogP contribution in [0.3, 0.4) is 0 Å². The lowest BCUT2D eigenvalue weighted by Crippen LogP contribution is -2.43. The third-order valence-corrected chi connectivity index (χ3v) is 5.61. The van der Waals surface area contributed by atoms with Gasteiger partial charge in [0.05, 0.1) is 12.0 Å². The second kappa shape index (κ2) is 7.75. The van der Waals surface area contributed by atoms with Crippen molar-refractivity contribution in [2.75, 3.05) is 11.9 Å². The van der Waals surface area contributed by atoms with E-state index in [2.05, 4.69) is 10.3 Å². The Labute approximate surface area is 179 Å². The number of nitrogens with zero attached hydrogens (tertiary/aromatic N) is 3. The number of furan rings is 1. The molecule has 1 aliphatic heterocycles. The van der Waals surface area contributed by atoms with Crippen molar-refractivity contribution in [3.8, 4) is 11.3 Å². The minimum absolute atomic E-state index is 0.187. The van der Waals surface area contributed by atoms with Gasteiger partial charge in [0, 0.05) is 30.2 Å². The lowest BCUT2D eigenvalue weighted by atomic mass is 10.1. The Bertz CT molecular complexity index is 1240. The van der Waals surface area contributed by atoms with Crippen molar-refractivity contribution >= 4 is 23.1 Å². The number of likely N-dealkylation sites (tertiary alicyclic amines) is 1. The van der Waals surface area contributed by atoms with Crippen molar-refractivity contribution in [1.29, 1.82) is 0 Å². The summed E-state index contributed by atoms with van der Waals surface area (Å²) in [6.45, 7) is 2.59. The van der Waals surface area contributed by atoms with Crippen LogP contribution in [0.1, 0.15) is 29.0 Å². The number of hydrogen-bond acceptors (Lipinski definition) is 4. The number of anilines is 1. The quantitative estimate of drug-likeness (QED) is 0.544. The van der Waals surface area contributed by atoms with Crippen LogP contribution in [-0.4, -0.2) is 38.7 Å². The van der Waals surface area contributed by atoms with E-state index in [0.29, 0.717) is 18.7 Å². The van der Waals surface area contributed by atoms with E-state index in [4.69, 9.17) is 4.42 Å². The molecule has 1 N–H and O–H groups in total. The van der Waals surface area contributed by atoms with Crippen molar-refractivity contribution in [3.63, 3.8) is 0 Å². The molecule has 31 heavy (non-hydrogen) atoms. The van der Waals surface area contributed by atoms with Crippen molar-refractivity contribution in [1.82, 2.24) is 14.3 Å². The molecule has 1 saturated heterocycles. The predicted octanol–water partition coefficient (Wildman–Crippen LogP) is 4.15. The number of rotatable bonds is 4. The van der Waals surface area contributed by atoms with Gasteiger partial charge < -0.3 is 19.0 Å². The van der Waals surface area contributed by atoms with Crippen LogP contribution in [0.15, 0.2) is 71.6 Å². The Kier molecular flexibility index (Phi) is 4.78. The SMILES string of the molecule is Cc1ccn2cc(-c3ccc(NC(=O)[C@@H]4CCCN4C(=O)c4ccco4)cc3)nc2c1. The van der Waals surface area contributed by atoms with Gasteiger partial charge in [0.15, 0.2) is 5.76 Å². The van der Waals surface area contributed by atoms with Gasteiger partial charge in [-0.15, -0.1) is 0 Å². The number of fused-ring (bicyclic) bond motifs is 1. The van der Waals surface area contributed by atoms with Gasteiger partial charge in [0.25, 0.3) is 5.91 Å². The largest absolute Gasteiger partial charge is 0.459 e. The molecule has 0 unspecified atom stereocenters. The molecule has 0 radical (unpaired) electrons. The maximum absolute atomic E-state index is 12.9. The first-order valence-electron chi connectivity index (χ1n) is 10.3. The topological polar surface area (TPSA) is 79.9 Å². The number of carbonyl (C=O) groups is 2. The number of amides is 2. The van der Waals surface area contributed by atoms with Crippen LogP contribution in [-0.2, 0) is 4.79 Å². The molecular formula is C24H22N4O3. The van der Waals surface area contributed by atoms with Gasteiger partial charge in [-0.1, -0.05) is 12.1 Å². The molecule has 1 atom stereocenters. The van der Waals surface area contributed by atoms with Gasteiger partial charge in [0.2, 0.25) is 5.91 Å². The fourth-order valence-electron chi connectivity index (χ4n) is 4.00. The van der Waals surface area contributed by atoms with Crippen molar-refractivity contribution < 1.29 is 14.0 Å². The lowest BCUT2D eigenvalue weighted by molar-refractivity contribution is -0.119. The van der Waals surface area contributed by atoms with E-state index in [1.165, 1.54) is 6.26 Å². The highest BCUT2D eigenvalue weighted by Crippen LogP contribution is 2.24. The number of nitrogens with one attached hydrogen (secondary N) is 1. The predicted molar refractivity (Wildman–Crippen MR) is 117 cm³/mol. The molecule has 4 heterocycles. The summed E-state index contributed by atoms with van der Waals surface area (Å²) in [6.07, 6.45) is 6.87. The maximum atomic E-state index is 12.9. The summed E-state index contributed by atoms with van der Waals surface area (Å²) in [5.41, 5.74) is 4.58. The van der Waals surface area contributed by atoms with E-state index >= 15 is 0 Å². The minimum Gasteiger partial charge on any atom is -0.459 e. The van der Waals surface area contributed by atoms with E-state index in [-0.39, 0.29) is 17.6 Å². The Morgan fingerprint density at radius 1 is 1.16 bits per heavy atom. The Balaban J connectivity index is 1.29. The molecule has 0 bridgehead atoms. The molecule has 1 aliphatic rings. The number of imidazole rings is 1. The average molecular weight is 414 g/mol. The molecule has 1 fully saturated rings. The van der Waals surface area contributed by atoms with E-state index in [9.17, 15) is 9.59 Å². The summed E-state index contributed by atoms with van der Waals surface area (Å²) in [7, 11) is 0. The maximum Gasteiger partial charge on any atom is 0.290 e. The third kappa shape index (κ3) is 3.70. The van der Waals surface area contributed by atoms with Crippen LogP contribution >= 0.6 is 0 Å². The molecule has 7 heteroatoms. The second-order valence-electron chi connectivity index (χ2n) is 7.80. The molecular weight excluding hydrogens is 392 g/mol. The summed E-state index contributed by atoms with van der Waals surface area (Å²) in [5, 5.41) is 2.94. The van der Waals surface area contributed by atoms with Crippen LogP contribution in [0.2, 0.25) is 0 Å². The summed E-state index contributed by atoms with van der Waals surface area (Å²) < 4.78 is 7.20. The van der Waals surface area contributed by atoms with Crippen molar-refractivity contribution in [2.45, 2.75) is 25.8 Å². The first-order valence-corrected chi connectivity index (χ1v) is 10.3. The van der Waals surface area contributed by atoms with Crippen LogP contribution in [0.4, 0.5) is 5.69 Å². The lowest BCUT2D eigenvalue weighted by Gasteiger charge is -2.23. The monoisotopic (exact) mass is 414 g/mol. The standard InChI is InChI=1S/C24H22N4O3/c1-16-10-12-27-15-19(26-22(27)14-16)17-6-8-18(9-7-17)25-23(29)20-4-2-11-28(20)24(30)21-5-3-13-31-21/h3,5-10,12-15,20H,2,4,11H2,1H3,(H,25,29)/t20-/m0/s1. The van der Waals surface area contributed by atoms with E-state index in [1.54, 1.807) is 17.0 Å². The molecule has 4 aromatic rings. The molecule has 2 amide bonds. The zero-order valence-corrected chi connectivity index (χ0v) is 17.1. The van der Waals surface area contributed by atoms with E-state index < -0.39 is 6.04 Å².